The van der Waals surface area contributed by atoms with Gasteiger partial charge in [0.05, 0.1) is 10.7 Å². The van der Waals surface area contributed by atoms with Gasteiger partial charge < -0.3 is 12.9 Å². The molecule has 74 valence electrons. The van der Waals surface area contributed by atoms with Crippen molar-refractivity contribution in [3.05, 3.63) is 11.8 Å². The average Bonchev–Trinajstić information content (AvgIpc) is 2.24. The number of hydrogen-bond donors (Lipinski definition) is 0. The molecule has 0 radical (unpaired) electrons. The van der Waals surface area contributed by atoms with Gasteiger partial charge in [0, 0.05) is 7.05 Å². The van der Waals surface area contributed by atoms with E-state index in [2.05, 4.69) is 5.10 Å². The van der Waals surface area contributed by atoms with Crippen molar-refractivity contribution in [2.45, 2.75) is 11.9 Å². The fourth-order valence-electron chi connectivity index (χ4n) is 0.902. The molecule has 0 aliphatic rings. The lowest BCUT2D eigenvalue weighted by Crippen LogP contribution is -2.19. The van der Waals surface area contributed by atoms with Crippen LogP contribution in [0.4, 0.5) is 12.9 Å². The van der Waals surface area contributed by atoms with Crippen LogP contribution in [-0.4, -0.2) is 22.4 Å². The zero-order valence-electron chi connectivity index (χ0n) is 7.30. The van der Waals surface area contributed by atoms with Crippen LogP contribution in [0.25, 0.3) is 0 Å². The molecule has 0 N–H and O–H groups in total. The molecule has 0 unspecified atom stereocenters. The lowest BCUT2D eigenvalue weighted by atomic mass is 9.98. The third-order valence-corrected chi connectivity index (χ3v) is 2.60. The molecular weight excluding hydrogens is 200 g/mol. The zero-order valence-corrected chi connectivity index (χ0v) is 8.11. The Hall–Kier alpha value is -0.585. The first-order chi connectivity index (χ1) is 5.88. The molecule has 0 atom stereocenters. The van der Waals surface area contributed by atoms with E-state index < -0.39 is 12.6 Å². The Morgan fingerprint density at radius 2 is 2.15 bits per heavy atom. The van der Waals surface area contributed by atoms with E-state index in [0.29, 0.717) is 5.03 Å². The number of aromatic nitrogens is 2. The summed E-state index contributed by atoms with van der Waals surface area (Å²) in [6.45, 7) is -2.96. The highest BCUT2D eigenvalue weighted by molar-refractivity contribution is 8.00. The summed E-state index contributed by atoms with van der Waals surface area (Å²) in [4.78, 5) is 0. The standard InChI is InChI=1S/C6H9BF3N2S/c1-5-3-6(12(2)11-5)13-4-7(8,9)10/h3H,4H2,1-2H3/q-1. The predicted molar refractivity (Wildman–Crippen MR) is 47.7 cm³/mol. The maximum absolute atomic E-state index is 11.9. The van der Waals surface area contributed by atoms with Gasteiger partial charge in [-0.05, 0) is 18.6 Å². The second kappa shape index (κ2) is 3.65. The Morgan fingerprint density at radius 3 is 2.54 bits per heavy atom. The molecule has 0 aliphatic carbocycles. The minimum Gasteiger partial charge on any atom is -0.448 e. The van der Waals surface area contributed by atoms with Gasteiger partial charge in [-0.3, -0.25) is 4.68 Å². The molecule has 1 aromatic rings. The van der Waals surface area contributed by atoms with Gasteiger partial charge in [0.1, 0.15) is 0 Å². The van der Waals surface area contributed by atoms with Gasteiger partial charge >= 0.3 is 6.98 Å². The summed E-state index contributed by atoms with van der Waals surface area (Å²) < 4.78 is 37.1. The predicted octanol–water partition coefficient (Wildman–Crippen LogP) is 2.21. The molecule has 0 aliphatic heterocycles. The zero-order chi connectivity index (χ0) is 10.1. The summed E-state index contributed by atoms with van der Waals surface area (Å²) in [5.74, 6) is 0. The first-order valence-corrected chi connectivity index (χ1v) is 4.71. The number of nitrogens with zero attached hydrogens (tertiary/aromatic N) is 2. The maximum atomic E-state index is 11.9. The van der Waals surface area contributed by atoms with Crippen molar-refractivity contribution in [2.24, 2.45) is 7.05 Å². The molecule has 1 heterocycles. The van der Waals surface area contributed by atoms with Gasteiger partial charge in [-0.25, -0.2) is 0 Å². The van der Waals surface area contributed by atoms with Crippen LogP contribution in [-0.2, 0) is 7.05 Å². The summed E-state index contributed by atoms with van der Waals surface area (Å²) in [5, 5.41) is 4.50. The van der Waals surface area contributed by atoms with Gasteiger partial charge in [-0.15, -0.1) is 11.8 Å². The van der Waals surface area contributed by atoms with E-state index in [9.17, 15) is 12.9 Å². The van der Waals surface area contributed by atoms with Crippen molar-refractivity contribution < 1.29 is 12.9 Å². The van der Waals surface area contributed by atoms with Crippen LogP contribution in [0.5, 0.6) is 0 Å². The van der Waals surface area contributed by atoms with E-state index in [0.717, 1.165) is 17.5 Å². The van der Waals surface area contributed by atoms with Crippen LogP contribution >= 0.6 is 11.8 Å². The van der Waals surface area contributed by atoms with Crippen LogP contribution in [0.3, 0.4) is 0 Å². The molecule has 0 spiro atoms. The Morgan fingerprint density at radius 1 is 1.54 bits per heavy atom. The minimum atomic E-state index is -4.71. The van der Waals surface area contributed by atoms with Gasteiger partial charge in [0.25, 0.3) is 0 Å². The summed E-state index contributed by atoms with van der Waals surface area (Å²) in [5.41, 5.74) is -0.0708. The van der Waals surface area contributed by atoms with Crippen LogP contribution in [0.2, 0.25) is 0 Å². The molecule has 1 aromatic heterocycles. The Bertz CT molecular complexity index is 297. The van der Waals surface area contributed by atoms with Gasteiger partial charge in [0.15, 0.2) is 0 Å². The van der Waals surface area contributed by atoms with Crippen molar-refractivity contribution in [1.29, 1.82) is 0 Å². The fourth-order valence-corrected chi connectivity index (χ4v) is 1.74. The largest absolute Gasteiger partial charge is 0.488 e. The Kier molecular flexibility index (Phi) is 2.95. The quantitative estimate of drug-likeness (QED) is 0.561. The summed E-state index contributed by atoms with van der Waals surface area (Å²) in [7, 11) is 1.64. The summed E-state index contributed by atoms with van der Waals surface area (Å²) >= 11 is 0.778. The smallest absolute Gasteiger partial charge is 0.448 e. The first-order valence-electron chi connectivity index (χ1n) is 3.73. The minimum absolute atomic E-state index is 0.553. The van der Waals surface area contributed by atoms with E-state index >= 15 is 0 Å². The molecule has 13 heavy (non-hydrogen) atoms. The molecule has 0 saturated heterocycles. The molecule has 1 rings (SSSR count). The Labute approximate surface area is 78.6 Å². The van der Waals surface area contributed by atoms with Crippen LogP contribution in [0.15, 0.2) is 11.1 Å². The first kappa shape index (κ1) is 10.5. The number of rotatable bonds is 3. The van der Waals surface area contributed by atoms with Crippen molar-refractivity contribution in [3.8, 4) is 0 Å². The monoisotopic (exact) mass is 209 g/mol. The van der Waals surface area contributed by atoms with Gasteiger partial charge in [-0.1, -0.05) is 0 Å². The molecule has 0 fully saturated rings. The number of aryl methyl sites for hydroxylation is 2. The van der Waals surface area contributed by atoms with E-state index in [4.69, 9.17) is 0 Å². The van der Waals surface area contributed by atoms with Crippen molar-refractivity contribution >= 4 is 18.7 Å². The van der Waals surface area contributed by atoms with E-state index in [-0.39, 0.29) is 0 Å². The molecule has 2 nitrogen and oxygen atoms in total. The maximum Gasteiger partial charge on any atom is 0.488 e. The summed E-state index contributed by atoms with van der Waals surface area (Å²) in [6.07, 6.45) is 0. The van der Waals surface area contributed by atoms with E-state index in [1.165, 1.54) is 4.68 Å². The third kappa shape index (κ3) is 3.34. The lowest BCUT2D eigenvalue weighted by molar-refractivity contribution is 0.485. The normalized spacial score (nSPS) is 12.1. The second-order valence-corrected chi connectivity index (χ2v) is 3.81. The SMILES string of the molecule is Cc1cc(SC[B-](F)(F)F)n(C)n1. The highest BCUT2D eigenvalue weighted by Gasteiger charge is 2.23. The molecule has 0 aromatic carbocycles. The topological polar surface area (TPSA) is 17.8 Å². The number of hydrogen-bond acceptors (Lipinski definition) is 2. The van der Waals surface area contributed by atoms with Crippen LogP contribution in [0, 0.1) is 6.92 Å². The molecule has 0 amide bonds. The van der Waals surface area contributed by atoms with Gasteiger partial charge in [0.2, 0.25) is 0 Å². The second-order valence-electron chi connectivity index (χ2n) is 2.77. The fraction of sp³-hybridized carbons (Fsp3) is 0.500. The van der Waals surface area contributed by atoms with E-state index in [1.54, 1.807) is 20.0 Å². The van der Waals surface area contributed by atoms with Crippen molar-refractivity contribution in [2.75, 3.05) is 5.65 Å². The average molecular weight is 209 g/mol. The summed E-state index contributed by atoms with van der Waals surface area (Å²) in [6, 6.07) is 1.65. The number of halogens is 3. The molecule has 7 heteroatoms. The highest BCUT2D eigenvalue weighted by Crippen LogP contribution is 2.24. The van der Waals surface area contributed by atoms with Crippen molar-refractivity contribution in [3.63, 3.8) is 0 Å². The molecule has 0 saturated carbocycles. The molecule has 0 bridgehead atoms. The van der Waals surface area contributed by atoms with Gasteiger partial charge in [-0.2, -0.15) is 5.10 Å². The number of thioether (sulfide) groups is 1. The Balaban J connectivity index is 2.59. The highest BCUT2D eigenvalue weighted by atomic mass is 32.2. The molecular formula is C6H9BF3N2S-. The van der Waals surface area contributed by atoms with Crippen LogP contribution in [0.1, 0.15) is 5.69 Å². The third-order valence-electron chi connectivity index (χ3n) is 1.38. The van der Waals surface area contributed by atoms with Crippen molar-refractivity contribution in [1.82, 2.24) is 9.78 Å². The van der Waals surface area contributed by atoms with E-state index in [1.807, 2.05) is 0 Å². The van der Waals surface area contributed by atoms with Crippen LogP contribution < -0.4 is 0 Å². The lowest BCUT2D eigenvalue weighted by Gasteiger charge is -2.12.